The van der Waals surface area contributed by atoms with Gasteiger partial charge < -0.3 is 21.3 Å². The zero-order valence-electron chi connectivity index (χ0n) is 23.6. The standard InChI is InChI=1S/C22H23ClN4O5.C4H10.C3H8/c1-14(27-19(29)13-26-21(31)16-7-3-2-4-8-16)20(30)25-12-18(28)22(32)24-11-15-6-5-9-17(23)10-15;1-4(2)3;1-3-2/h2-10,14H,11-13H2,1H3,(H,24,32)(H,25,30)(H,26,31)(H,27,29);4H,1-3H3;3H2,1-2H3/t14-;;/m0../s1. The first-order chi connectivity index (χ1) is 18.4. The summed E-state index contributed by atoms with van der Waals surface area (Å²) in [4.78, 5) is 59.7. The quantitative estimate of drug-likeness (QED) is 0.329. The van der Waals surface area contributed by atoms with Crippen LogP contribution in [0.25, 0.3) is 0 Å². The Hall–Kier alpha value is -3.72. The molecule has 2 aromatic carbocycles. The molecular weight excluding hydrogens is 520 g/mol. The van der Waals surface area contributed by atoms with Crippen molar-refractivity contribution in [2.24, 2.45) is 5.92 Å². The van der Waals surface area contributed by atoms with Crippen molar-refractivity contribution in [3.05, 3.63) is 70.7 Å². The molecule has 0 spiro atoms. The fourth-order valence-corrected chi connectivity index (χ4v) is 2.75. The van der Waals surface area contributed by atoms with Gasteiger partial charge >= 0.3 is 0 Å². The molecule has 0 bridgehead atoms. The SMILES string of the molecule is CC(C)C.CCC.C[C@H](NC(=O)CNC(=O)c1ccccc1)C(=O)NCC(=O)C(=O)NCc1cccc(Cl)c1. The zero-order chi connectivity index (χ0) is 29.8. The van der Waals surface area contributed by atoms with Gasteiger partial charge in [-0.15, -0.1) is 0 Å². The number of Topliss-reactive ketones (excluding diaryl/α,β-unsaturated/α-hetero) is 1. The van der Waals surface area contributed by atoms with Crippen molar-refractivity contribution in [1.82, 2.24) is 21.3 Å². The second-order valence-corrected chi connectivity index (χ2v) is 9.67. The van der Waals surface area contributed by atoms with Crippen LogP contribution in [0, 0.1) is 5.92 Å². The van der Waals surface area contributed by atoms with Crippen molar-refractivity contribution >= 4 is 41.0 Å². The number of amides is 4. The number of nitrogens with one attached hydrogen (secondary N) is 4. The van der Waals surface area contributed by atoms with Crippen molar-refractivity contribution in [3.63, 3.8) is 0 Å². The van der Waals surface area contributed by atoms with Crippen molar-refractivity contribution in [2.75, 3.05) is 13.1 Å². The number of benzene rings is 2. The van der Waals surface area contributed by atoms with E-state index in [1.165, 1.54) is 13.3 Å². The maximum absolute atomic E-state index is 12.1. The van der Waals surface area contributed by atoms with E-state index in [1.54, 1.807) is 54.6 Å². The lowest BCUT2D eigenvalue weighted by atomic mass is 10.2. The van der Waals surface area contributed by atoms with Crippen LogP contribution in [0.4, 0.5) is 0 Å². The van der Waals surface area contributed by atoms with Crippen molar-refractivity contribution in [1.29, 1.82) is 0 Å². The molecule has 0 unspecified atom stereocenters. The third-order valence-electron chi connectivity index (χ3n) is 4.23. The molecule has 0 aliphatic carbocycles. The maximum atomic E-state index is 12.1. The molecule has 0 heterocycles. The van der Waals surface area contributed by atoms with Crippen molar-refractivity contribution < 1.29 is 24.0 Å². The lowest BCUT2D eigenvalue weighted by Crippen LogP contribution is -2.49. The number of ketones is 1. The van der Waals surface area contributed by atoms with Gasteiger partial charge in [0.1, 0.15) is 6.04 Å². The number of halogens is 1. The molecule has 0 aromatic heterocycles. The number of rotatable bonds is 10. The summed E-state index contributed by atoms with van der Waals surface area (Å²) in [6, 6.07) is 14.2. The Bertz CT molecular complexity index is 1060. The Morgan fingerprint density at radius 1 is 0.795 bits per heavy atom. The van der Waals surface area contributed by atoms with Crippen LogP contribution >= 0.6 is 11.6 Å². The molecular formula is C29H41ClN4O5. The minimum atomic E-state index is -0.974. The Morgan fingerprint density at radius 2 is 1.38 bits per heavy atom. The Morgan fingerprint density at radius 3 is 1.95 bits per heavy atom. The van der Waals surface area contributed by atoms with Gasteiger partial charge in [0.05, 0.1) is 13.1 Å². The lowest BCUT2D eigenvalue weighted by molar-refractivity contribution is -0.138. The van der Waals surface area contributed by atoms with Gasteiger partial charge in [-0.25, -0.2) is 0 Å². The highest BCUT2D eigenvalue weighted by atomic mass is 35.5. The fourth-order valence-electron chi connectivity index (χ4n) is 2.54. The molecule has 0 saturated heterocycles. The summed E-state index contributed by atoms with van der Waals surface area (Å²) in [7, 11) is 0. The van der Waals surface area contributed by atoms with E-state index in [9.17, 15) is 24.0 Å². The molecule has 39 heavy (non-hydrogen) atoms. The van der Waals surface area contributed by atoms with Crippen molar-refractivity contribution in [2.45, 2.75) is 60.5 Å². The average Bonchev–Trinajstić information content (AvgIpc) is 2.89. The van der Waals surface area contributed by atoms with Crippen LogP contribution in [0.2, 0.25) is 5.02 Å². The first-order valence-electron chi connectivity index (χ1n) is 12.9. The zero-order valence-corrected chi connectivity index (χ0v) is 24.4. The predicted octanol–water partition coefficient (Wildman–Crippen LogP) is 3.65. The first kappa shape index (κ1) is 35.3. The second-order valence-electron chi connectivity index (χ2n) is 9.23. The van der Waals surface area contributed by atoms with Gasteiger partial charge in [0.25, 0.3) is 11.8 Å². The van der Waals surface area contributed by atoms with Crippen LogP contribution < -0.4 is 21.3 Å². The molecule has 2 rings (SSSR count). The Balaban J connectivity index is 0.00000185. The molecule has 0 aliphatic rings. The molecule has 4 amide bonds. The normalized spacial score (nSPS) is 10.5. The highest BCUT2D eigenvalue weighted by molar-refractivity contribution is 6.37. The molecule has 214 valence electrons. The van der Waals surface area contributed by atoms with Crippen LogP contribution in [0.1, 0.15) is 63.9 Å². The van der Waals surface area contributed by atoms with Gasteiger partial charge in [-0.3, -0.25) is 24.0 Å². The highest BCUT2D eigenvalue weighted by Gasteiger charge is 2.19. The number of carbonyl (C=O) groups is 5. The van der Waals surface area contributed by atoms with Gasteiger partial charge in [0, 0.05) is 17.1 Å². The van der Waals surface area contributed by atoms with E-state index in [2.05, 4.69) is 55.9 Å². The highest BCUT2D eigenvalue weighted by Crippen LogP contribution is 2.10. The van der Waals surface area contributed by atoms with E-state index in [4.69, 9.17) is 11.6 Å². The van der Waals surface area contributed by atoms with Crippen LogP contribution in [-0.2, 0) is 25.7 Å². The van der Waals surface area contributed by atoms with E-state index in [0.29, 0.717) is 10.6 Å². The number of hydrogen-bond acceptors (Lipinski definition) is 5. The fraction of sp³-hybridized carbons (Fsp3) is 0.414. The van der Waals surface area contributed by atoms with E-state index >= 15 is 0 Å². The Labute approximate surface area is 236 Å². The van der Waals surface area contributed by atoms with Gasteiger partial charge in [0.15, 0.2) is 0 Å². The summed E-state index contributed by atoms with van der Waals surface area (Å²) in [6.45, 7) is 11.4. The van der Waals surface area contributed by atoms with Crippen LogP contribution in [-0.4, -0.2) is 48.5 Å². The summed E-state index contributed by atoms with van der Waals surface area (Å²) in [5, 5.41) is 10.1. The molecule has 4 N–H and O–H groups in total. The summed E-state index contributed by atoms with van der Waals surface area (Å²) >= 11 is 5.86. The Kier molecular flexibility index (Phi) is 18.3. The number of hydrogen-bond donors (Lipinski definition) is 4. The van der Waals surface area contributed by atoms with Gasteiger partial charge in [0.2, 0.25) is 17.6 Å². The van der Waals surface area contributed by atoms with Crippen LogP contribution in [0.15, 0.2) is 54.6 Å². The molecule has 2 aromatic rings. The maximum Gasteiger partial charge on any atom is 0.289 e. The van der Waals surface area contributed by atoms with Gasteiger partial charge in [-0.1, -0.05) is 83.0 Å². The topological polar surface area (TPSA) is 133 Å². The number of carbonyl (C=O) groups excluding carboxylic acids is 5. The molecule has 0 aliphatic heterocycles. The van der Waals surface area contributed by atoms with Crippen molar-refractivity contribution in [3.8, 4) is 0 Å². The third-order valence-corrected chi connectivity index (χ3v) is 4.47. The van der Waals surface area contributed by atoms with E-state index in [1.807, 2.05) is 0 Å². The smallest absolute Gasteiger partial charge is 0.289 e. The first-order valence-corrected chi connectivity index (χ1v) is 13.2. The molecule has 0 radical (unpaired) electrons. The second kappa shape index (κ2) is 20.3. The van der Waals surface area contributed by atoms with Crippen LogP contribution in [0.5, 0.6) is 0 Å². The summed E-state index contributed by atoms with van der Waals surface area (Å²) in [5.74, 6) is -2.52. The molecule has 9 nitrogen and oxygen atoms in total. The average molecular weight is 561 g/mol. The van der Waals surface area contributed by atoms with Crippen LogP contribution in [0.3, 0.4) is 0 Å². The van der Waals surface area contributed by atoms with E-state index in [0.717, 1.165) is 11.5 Å². The minimum Gasteiger partial charge on any atom is -0.347 e. The monoisotopic (exact) mass is 560 g/mol. The molecule has 0 fully saturated rings. The molecule has 1 atom stereocenters. The molecule has 10 heteroatoms. The molecule has 0 saturated carbocycles. The summed E-state index contributed by atoms with van der Waals surface area (Å²) in [5.41, 5.74) is 1.12. The predicted molar refractivity (Wildman–Crippen MR) is 154 cm³/mol. The summed E-state index contributed by atoms with van der Waals surface area (Å²) < 4.78 is 0. The largest absolute Gasteiger partial charge is 0.347 e. The van der Waals surface area contributed by atoms with E-state index in [-0.39, 0.29) is 13.1 Å². The van der Waals surface area contributed by atoms with Gasteiger partial charge in [-0.2, -0.15) is 0 Å². The third kappa shape index (κ3) is 17.4. The summed E-state index contributed by atoms with van der Waals surface area (Å²) in [6.07, 6.45) is 1.25. The lowest BCUT2D eigenvalue weighted by Gasteiger charge is -2.14. The van der Waals surface area contributed by atoms with E-state index < -0.39 is 42.0 Å². The minimum absolute atomic E-state index is 0.111. The van der Waals surface area contributed by atoms with Gasteiger partial charge in [-0.05, 0) is 42.7 Å².